The van der Waals surface area contributed by atoms with Crippen LogP contribution in [0.3, 0.4) is 0 Å². The lowest BCUT2D eigenvalue weighted by atomic mass is 10.2. The summed E-state index contributed by atoms with van der Waals surface area (Å²) in [4.78, 5) is 12.2. The summed E-state index contributed by atoms with van der Waals surface area (Å²) in [7, 11) is 0. The van der Waals surface area contributed by atoms with E-state index in [2.05, 4.69) is 10.6 Å². The molecule has 0 aliphatic rings. The van der Waals surface area contributed by atoms with Crippen LogP contribution < -0.4 is 10.00 Å². The Morgan fingerprint density at radius 2 is 1.96 bits per heavy atom. The van der Waals surface area contributed by atoms with Gasteiger partial charge >= 0.3 is 11.6 Å². The average Bonchev–Trinajstić information content (AvgIpc) is 2.96. The predicted octanol–water partition coefficient (Wildman–Crippen LogP) is 2.23. The maximum absolute atomic E-state index is 12.2. The second-order valence-electron chi connectivity index (χ2n) is 4.93. The fourth-order valence-electron chi connectivity index (χ4n) is 1.86. The monoisotopic (exact) mass is 308 g/mol. The fourth-order valence-corrected chi connectivity index (χ4v) is 1.86. The van der Waals surface area contributed by atoms with Crippen molar-refractivity contribution in [1.29, 1.82) is 10.5 Å². The number of hydrogen-bond donors (Lipinski definition) is 1. The summed E-state index contributed by atoms with van der Waals surface area (Å²) in [6, 6.07) is 12.1. The lowest BCUT2D eigenvalue weighted by Gasteiger charge is -2.00. The van der Waals surface area contributed by atoms with Crippen LogP contribution in [0.1, 0.15) is 35.9 Å². The normalized spacial score (nSPS) is 9.78. The summed E-state index contributed by atoms with van der Waals surface area (Å²) < 4.78 is 6.64. The summed E-state index contributed by atoms with van der Waals surface area (Å²) in [6.45, 7) is 3.72. The van der Waals surface area contributed by atoms with Crippen molar-refractivity contribution in [2.75, 3.05) is 5.32 Å². The lowest BCUT2D eigenvalue weighted by Crippen LogP contribution is -2.40. The molecule has 1 N–H and O–H groups in total. The van der Waals surface area contributed by atoms with Gasteiger partial charge in [-0.25, -0.2) is 0 Å². The average molecular weight is 308 g/mol. The molecule has 114 valence electrons. The molecular formula is C16H14N5O2+. The molecule has 0 aliphatic heterocycles. The Hall–Kier alpha value is -3.45. The molecule has 7 heteroatoms. The number of amides is 1. The lowest BCUT2D eigenvalue weighted by molar-refractivity contribution is -0.780. The van der Waals surface area contributed by atoms with Gasteiger partial charge in [0.1, 0.15) is 17.7 Å². The minimum Gasteiger partial charge on any atom is -0.284 e. The molecule has 1 aromatic carbocycles. The van der Waals surface area contributed by atoms with Crippen LogP contribution in [0.5, 0.6) is 0 Å². The van der Waals surface area contributed by atoms with Crippen molar-refractivity contribution in [3.8, 4) is 12.1 Å². The zero-order valence-electron chi connectivity index (χ0n) is 12.6. The molecule has 0 saturated carbocycles. The number of allylic oxidation sites excluding steroid dienone is 1. The van der Waals surface area contributed by atoms with Crippen LogP contribution in [0.25, 0.3) is 6.08 Å². The smallest absolute Gasteiger partial charge is 0.284 e. The summed E-state index contributed by atoms with van der Waals surface area (Å²) in [6.07, 6.45) is 1.33. The molecule has 2 rings (SSSR count). The minimum atomic E-state index is -0.372. The predicted molar refractivity (Wildman–Crippen MR) is 80.7 cm³/mol. The van der Waals surface area contributed by atoms with Crippen molar-refractivity contribution in [2.24, 2.45) is 0 Å². The highest BCUT2D eigenvalue weighted by atomic mass is 16.5. The summed E-state index contributed by atoms with van der Waals surface area (Å²) >= 11 is 0. The van der Waals surface area contributed by atoms with Crippen LogP contribution >= 0.6 is 0 Å². The fraction of sp³-hybridized carbons (Fsp3) is 0.188. The molecule has 0 fully saturated rings. The number of nitrogens with zero attached hydrogens (tertiary/aromatic N) is 4. The first kappa shape index (κ1) is 15.9. The van der Waals surface area contributed by atoms with Crippen molar-refractivity contribution in [3.63, 3.8) is 0 Å². The Labute approximate surface area is 133 Å². The van der Waals surface area contributed by atoms with Crippen molar-refractivity contribution >= 4 is 17.9 Å². The van der Waals surface area contributed by atoms with E-state index in [1.165, 1.54) is 10.8 Å². The van der Waals surface area contributed by atoms with E-state index in [0.717, 1.165) is 0 Å². The van der Waals surface area contributed by atoms with Crippen LogP contribution in [0, 0.1) is 22.7 Å². The van der Waals surface area contributed by atoms with Gasteiger partial charge in [-0.2, -0.15) is 10.5 Å². The first-order valence-corrected chi connectivity index (χ1v) is 6.86. The summed E-state index contributed by atoms with van der Waals surface area (Å²) in [5.74, 6) is -0.293. The van der Waals surface area contributed by atoms with E-state index in [1.807, 2.05) is 13.8 Å². The van der Waals surface area contributed by atoms with Gasteiger partial charge in [0.05, 0.1) is 0 Å². The van der Waals surface area contributed by atoms with Gasteiger partial charge in [-0.15, -0.1) is 0 Å². The van der Waals surface area contributed by atoms with Crippen molar-refractivity contribution in [2.45, 2.75) is 19.9 Å². The number of nitrogens with one attached hydrogen (secondary N) is 1. The van der Waals surface area contributed by atoms with Crippen molar-refractivity contribution in [3.05, 3.63) is 47.2 Å². The van der Waals surface area contributed by atoms with E-state index >= 15 is 0 Å². The molecular weight excluding hydrogens is 294 g/mol. The number of rotatable bonds is 4. The van der Waals surface area contributed by atoms with Gasteiger partial charge in [0.2, 0.25) is 5.27 Å². The van der Waals surface area contributed by atoms with E-state index in [4.69, 9.17) is 15.0 Å². The first-order chi connectivity index (χ1) is 11.1. The van der Waals surface area contributed by atoms with E-state index in [-0.39, 0.29) is 23.4 Å². The molecule has 1 heterocycles. The van der Waals surface area contributed by atoms with Gasteiger partial charge in [0.15, 0.2) is 6.04 Å². The maximum atomic E-state index is 12.2. The highest BCUT2D eigenvalue weighted by Crippen LogP contribution is 2.17. The van der Waals surface area contributed by atoms with Gasteiger partial charge in [-0.1, -0.05) is 18.2 Å². The van der Waals surface area contributed by atoms with Crippen LogP contribution in [0.2, 0.25) is 0 Å². The van der Waals surface area contributed by atoms with Gasteiger partial charge in [0.25, 0.3) is 5.91 Å². The Balaban J connectivity index is 2.40. The molecule has 0 atom stereocenters. The second kappa shape index (κ2) is 7.01. The van der Waals surface area contributed by atoms with E-state index in [9.17, 15) is 4.79 Å². The van der Waals surface area contributed by atoms with Crippen molar-refractivity contribution in [1.82, 2.24) is 5.27 Å². The third-order valence-corrected chi connectivity index (χ3v) is 2.97. The van der Waals surface area contributed by atoms with Gasteiger partial charge in [-0.3, -0.25) is 14.6 Å². The maximum Gasteiger partial charge on any atom is 0.310 e. The molecule has 0 spiro atoms. The summed E-state index contributed by atoms with van der Waals surface area (Å²) in [5.41, 5.74) is 0.691. The number of aromatic nitrogens is 2. The number of nitriles is 2. The number of benzene rings is 1. The van der Waals surface area contributed by atoms with Gasteiger partial charge in [0, 0.05) is 25.5 Å². The highest BCUT2D eigenvalue weighted by Gasteiger charge is 2.27. The van der Waals surface area contributed by atoms with Crippen molar-refractivity contribution < 1.29 is 14.0 Å². The number of anilines is 1. The van der Waals surface area contributed by atoms with E-state index in [1.54, 1.807) is 42.5 Å². The molecule has 0 saturated heterocycles. The first-order valence-electron chi connectivity index (χ1n) is 6.86. The number of carbonyl (C=O) groups excluding carboxylic acids is 1. The second-order valence-corrected chi connectivity index (χ2v) is 4.93. The Morgan fingerprint density at radius 1 is 1.30 bits per heavy atom. The van der Waals surface area contributed by atoms with Crippen LogP contribution in [-0.4, -0.2) is 11.2 Å². The molecule has 0 unspecified atom stereocenters. The van der Waals surface area contributed by atoms with Crippen LogP contribution in [0.4, 0.5) is 5.88 Å². The largest absolute Gasteiger partial charge is 0.310 e. The standard InChI is InChI=1S/C16H13N5O2/c1-11(2)21-14(8-12(9-17)10-18)16(23-20-21)19-15(22)13-6-4-3-5-7-13/h3-8,11H,1-2H3/p+1. The third-order valence-electron chi connectivity index (χ3n) is 2.97. The number of carbonyl (C=O) groups is 1. The molecule has 1 aromatic heterocycles. The van der Waals surface area contributed by atoms with E-state index < -0.39 is 0 Å². The molecule has 2 aromatic rings. The minimum absolute atomic E-state index is 0.0778. The highest BCUT2D eigenvalue weighted by molar-refractivity contribution is 6.04. The molecule has 0 aliphatic carbocycles. The summed E-state index contributed by atoms with van der Waals surface area (Å²) in [5, 5.41) is 24.3. The Bertz CT molecular complexity index is 806. The molecule has 23 heavy (non-hydrogen) atoms. The molecule has 7 nitrogen and oxygen atoms in total. The van der Waals surface area contributed by atoms with E-state index in [0.29, 0.717) is 11.3 Å². The quantitative estimate of drug-likeness (QED) is 0.688. The van der Waals surface area contributed by atoms with Crippen LogP contribution in [-0.2, 0) is 0 Å². The zero-order chi connectivity index (χ0) is 16.8. The Kier molecular flexibility index (Phi) is 4.85. The third kappa shape index (κ3) is 3.60. The topological polar surface area (TPSA) is 107 Å². The van der Waals surface area contributed by atoms with Crippen LogP contribution in [0.15, 0.2) is 40.4 Å². The number of hydrogen-bond acceptors (Lipinski definition) is 5. The Morgan fingerprint density at radius 3 is 2.52 bits per heavy atom. The molecule has 0 radical (unpaired) electrons. The molecule has 0 bridgehead atoms. The molecule has 1 amide bonds. The van der Waals surface area contributed by atoms with Gasteiger partial charge in [-0.05, 0) is 16.8 Å². The SMILES string of the molecule is CC(C)[n+]1noc(NC(=O)c2ccccc2)c1C=C(C#N)C#N. The zero-order valence-corrected chi connectivity index (χ0v) is 12.6. The van der Waals surface area contributed by atoms with Gasteiger partial charge < -0.3 is 0 Å².